The number of hydrogen-bond acceptors (Lipinski definition) is 3. The highest BCUT2D eigenvalue weighted by atomic mass is 19.1. The van der Waals surface area contributed by atoms with Crippen LogP contribution < -0.4 is 5.32 Å². The summed E-state index contributed by atoms with van der Waals surface area (Å²) in [7, 11) is 3.07. The van der Waals surface area contributed by atoms with Crippen molar-refractivity contribution in [2.45, 2.75) is 0 Å². The van der Waals surface area contributed by atoms with E-state index in [0.29, 0.717) is 0 Å². The van der Waals surface area contributed by atoms with Crippen LogP contribution in [-0.2, 0) is 4.79 Å². The van der Waals surface area contributed by atoms with Crippen LogP contribution in [0.2, 0.25) is 0 Å². The van der Waals surface area contributed by atoms with Crippen LogP contribution in [0.15, 0.2) is 12.1 Å². The third-order valence-electron chi connectivity index (χ3n) is 2.09. The first-order chi connectivity index (χ1) is 7.95. The summed E-state index contributed by atoms with van der Waals surface area (Å²) in [6.07, 6.45) is 0. The van der Waals surface area contributed by atoms with Gasteiger partial charge in [-0.2, -0.15) is 5.26 Å². The zero-order valence-electron chi connectivity index (χ0n) is 9.42. The molecule has 0 aliphatic carbocycles. The fraction of sp³-hybridized carbons (Fsp3) is 0.273. The maximum atomic E-state index is 13.4. The third-order valence-corrected chi connectivity index (χ3v) is 2.09. The van der Waals surface area contributed by atoms with Crippen molar-refractivity contribution in [3.63, 3.8) is 0 Å². The molecule has 1 amide bonds. The number of carbonyl (C=O) groups excluding carboxylic acids is 1. The van der Waals surface area contributed by atoms with Crippen molar-refractivity contribution in [1.82, 2.24) is 4.90 Å². The quantitative estimate of drug-likeness (QED) is 0.865. The molecular weight excluding hydrogens is 228 g/mol. The smallest absolute Gasteiger partial charge is 0.241 e. The number of nitrogens with one attached hydrogen (secondary N) is 1. The normalized spacial score (nSPS) is 9.59. The molecule has 0 unspecified atom stereocenters. The van der Waals surface area contributed by atoms with Crippen LogP contribution in [0.5, 0.6) is 0 Å². The summed E-state index contributed by atoms with van der Waals surface area (Å²) in [5, 5.41) is 10.9. The molecule has 0 spiro atoms. The standard InChI is InChI=1S/C11H11F2N3O/c1-16(2)10(17)6-15-11-8(12)3-7(5-14)4-9(11)13/h3-4,15H,6H2,1-2H3. The fourth-order valence-corrected chi connectivity index (χ4v) is 1.13. The monoisotopic (exact) mass is 239 g/mol. The average molecular weight is 239 g/mol. The number of rotatable bonds is 3. The number of amides is 1. The minimum Gasteiger partial charge on any atom is -0.371 e. The molecule has 6 heteroatoms. The second-order valence-corrected chi connectivity index (χ2v) is 3.57. The highest BCUT2D eigenvalue weighted by molar-refractivity contribution is 5.80. The van der Waals surface area contributed by atoms with Gasteiger partial charge in [0, 0.05) is 14.1 Å². The molecule has 0 saturated heterocycles. The number of benzene rings is 1. The maximum Gasteiger partial charge on any atom is 0.241 e. The molecule has 0 aliphatic heterocycles. The van der Waals surface area contributed by atoms with E-state index in [1.807, 2.05) is 0 Å². The molecule has 0 saturated carbocycles. The van der Waals surface area contributed by atoms with Crippen LogP contribution in [0.4, 0.5) is 14.5 Å². The van der Waals surface area contributed by atoms with Gasteiger partial charge in [0.2, 0.25) is 5.91 Å². The summed E-state index contributed by atoms with van der Waals surface area (Å²) in [5.41, 5.74) is -0.510. The zero-order valence-corrected chi connectivity index (χ0v) is 9.42. The summed E-state index contributed by atoms with van der Waals surface area (Å²) in [6, 6.07) is 3.45. The van der Waals surface area contributed by atoms with E-state index in [1.165, 1.54) is 19.0 Å². The summed E-state index contributed by atoms with van der Waals surface area (Å²) < 4.78 is 26.7. The topological polar surface area (TPSA) is 56.1 Å². The van der Waals surface area contributed by atoms with Crippen molar-refractivity contribution >= 4 is 11.6 Å². The highest BCUT2D eigenvalue weighted by Gasteiger charge is 2.12. The van der Waals surface area contributed by atoms with Gasteiger partial charge in [0.25, 0.3) is 0 Å². The van der Waals surface area contributed by atoms with Crippen molar-refractivity contribution in [3.05, 3.63) is 29.3 Å². The summed E-state index contributed by atoms with van der Waals surface area (Å²) in [6.45, 7) is -0.216. The van der Waals surface area contributed by atoms with Gasteiger partial charge in [-0.25, -0.2) is 8.78 Å². The molecule has 17 heavy (non-hydrogen) atoms. The van der Waals surface area contributed by atoms with Gasteiger partial charge in [-0.3, -0.25) is 4.79 Å². The third kappa shape index (κ3) is 3.14. The van der Waals surface area contributed by atoms with Gasteiger partial charge >= 0.3 is 0 Å². The van der Waals surface area contributed by atoms with Crippen LogP contribution in [-0.4, -0.2) is 31.4 Å². The first-order valence-corrected chi connectivity index (χ1v) is 4.79. The van der Waals surface area contributed by atoms with E-state index in [0.717, 1.165) is 12.1 Å². The Morgan fingerprint density at radius 2 is 1.94 bits per heavy atom. The fourth-order valence-electron chi connectivity index (χ4n) is 1.13. The number of carbonyl (C=O) groups is 1. The minimum absolute atomic E-state index is 0.107. The molecule has 4 nitrogen and oxygen atoms in total. The van der Waals surface area contributed by atoms with Crippen LogP contribution in [0.25, 0.3) is 0 Å². The second kappa shape index (κ2) is 5.25. The van der Waals surface area contributed by atoms with Gasteiger partial charge in [-0.05, 0) is 12.1 Å². The van der Waals surface area contributed by atoms with E-state index in [4.69, 9.17) is 5.26 Å². The molecule has 0 atom stereocenters. The number of halogens is 2. The molecule has 0 aromatic heterocycles. The van der Waals surface area contributed by atoms with Crippen LogP contribution in [0.3, 0.4) is 0 Å². The lowest BCUT2D eigenvalue weighted by molar-refractivity contribution is -0.126. The van der Waals surface area contributed by atoms with E-state index in [2.05, 4.69) is 5.32 Å². The minimum atomic E-state index is -0.895. The summed E-state index contributed by atoms with van der Waals surface area (Å²) in [4.78, 5) is 12.5. The van der Waals surface area contributed by atoms with E-state index >= 15 is 0 Å². The number of nitriles is 1. The van der Waals surface area contributed by atoms with Crippen molar-refractivity contribution in [2.24, 2.45) is 0 Å². The van der Waals surface area contributed by atoms with Gasteiger partial charge in [0.05, 0.1) is 18.2 Å². The van der Waals surface area contributed by atoms with Gasteiger partial charge in [-0.15, -0.1) is 0 Å². The lowest BCUT2D eigenvalue weighted by Crippen LogP contribution is -2.29. The Balaban J connectivity index is 2.86. The van der Waals surface area contributed by atoms with Gasteiger partial charge < -0.3 is 10.2 Å². The van der Waals surface area contributed by atoms with E-state index in [1.54, 1.807) is 6.07 Å². The second-order valence-electron chi connectivity index (χ2n) is 3.57. The highest BCUT2D eigenvalue weighted by Crippen LogP contribution is 2.20. The lowest BCUT2D eigenvalue weighted by atomic mass is 10.2. The Bertz CT molecular complexity index is 457. The first kappa shape index (κ1) is 12.9. The van der Waals surface area contributed by atoms with Crippen molar-refractivity contribution in [3.8, 4) is 6.07 Å². The van der Waals surface area contributed by atoms with Gasteiger partial charge in [0.15, 0.2) is 11.6 Å². The summed E-state index contributed by atoms with van der Waals surface area (Å²) >= 11 is 0. The molecule has 0 heterocycles. The molecule has 90 valence electrons. The molecule has 1 aromatic carbocycles. The average Bonchev–Trinajstić information content (AvgIpc) is 2.27. The Labute approximate surface area is 97.5 Å². The van der Waals surface area contributed by atoms with Gasteiger partial charge in [-0.1, -0.05) is 0 Å². The van der Waals surface area contributed by atoms with Crippen molar-refractivity contribution in [1.29, 1.82) is 5.26 Å². The SMILES string of the molecule is CN(C)C(=O)CNc1c(F)cc(C#N)cc1F. The maximum absolute atomic E-state index is 13.4. The first-order valence-electron chi connectivity index (χ1n) is 4.79. The van der Waals surface area contributed by atoms with Crippen LogP contribution >= 0.6 is 0 Å². The van der Waals surface area contributed by atoms with Gasteiger partial charge in [0.1, 0.15) is 5.69 Å². The summed E-state index contributed by atoms with van der Waals surface area (Å²) in [5.74, 6) is -2.10. The molecule has 1 rings (SSSR count). The molecule has 1 N–H and O–H groups in total. The number of likely N-dealkylation sites (N-methyl/N-ethyl adjacent to an activating group) is 1. The molecule has 0 radical (unpaired) electrons. The van der Waals surface area contributed by atoms with Crippen LogP contribution in [0.1, 0.15) is 5.56 Å². The molecular formula is C11H11F2N3O. The zero-order chi connectivity index (χ0) is 13.0. The Morgan fingerprint density at radius 3 is 2.35 bits per heavy atom. The van der Waals surface area contributed by atoms with Crippen molar-refractivity contribution in [2.75, 3.05) is 26.0 Å². The number of hydrogen-bond donors (Lipinski definition) is 1. The van der Waals surface area contributed by atoms with Crippen LogP contribution in [0, 0.1) is 23.0 Å². The van der Waals surface area contributed by atoms with Crippen molar-refractivity contribution < 1.29 is 13.6 Å². The largest absolute Gasteiger partial charge is 0.371 e. The lowest BCUT2D eigenvalue weighted by Gasteiger charge is -2.12. The molecule has 0 bridgehead atoms. The van der Waals surface area contributed by atoms with E-state index < -0.39 is 17.3 Å². The number of anilines is 1. The predicted molar refractivity (Wildman–Crippen MR) is 58.3 cm³/mol. The molecule has 1 aromatic rings. The molecule has 0 aliphatic rings. The van der Waals surface area contributed by atoms with E-state index in [-0.39, 0.29) is 18.0 Å². The van der Waals surface area contributed by atoms with E-state index in [9.17, 15) is 13.6 Å². The Kier molecular flexibility index (Phi) is 3.99. The Hall–Kier alpha value is -2.16. The number of nitrogens with zero attached hydrogens (tertiary/aromatic N) is 2. The molecule has 0 fully saturated rings. The Morgan fingerprint density at radius 1 is 1.41 bits per heavy atom. The predicted octanol–water partition coefficient (Wildman–Crippen LogP) is 1.34.